The lowest BCUT2D eigenvalue weighted by atomic mass is 9.84. The van der Waals surface area contributed by atoms with Gasteiger partial charge in [-0.3, -0.25) is 11.3 Å². The summed E-state index contributed by atoms with van der Waals surface area (Å²) >= 11 is 1.92. The monoisotopic (exact) mass is 308 g/mol. The fourth-order valence-electron chi connectivity index (χ4n) is 2.64. The van der Waals surface area contributed by atoms with Crippen LogP contribution in [-0.2, 0) is 9.84 Å². The molecule has 4 atom stereocenters. The van der Waals surface area contributed by atoms with E-state index in [-0.39, 0.29) is 11.3 Å². The van der Waals surface area contributed by atoms with Gasteiger partial charge >= 0.3 is 0 Å². The summed E-state index contributed by atoms with van der Waals surface area (Å²) in [6.07, 6.45) is 6.16. The average Bonchev–Trinajstić information content (AvgIpc) is 2.38. The summed E-state index contributed by atoms with van der Waals surface area (Å²) < 4.78 is 23.4. The Balaban J connectivity index is 2.55. The van der Waals surface area contributed by atoms with Crippen molar-refractivity contribution in [1.29, 1.82) is 0 Å². The van der Waals surface area contributed by atoms with Crippen LogP contribution in [0, 0.1) is 5.92 Å². The molecule has 4 nitrogen and oxygen atoms in total. The molecule has 0 aromatic rings. The van der Waals surface area contributed by atoms with Crippen LogP contribution in [0.5, 0.6) is 0 Å². The lowest BCUT2D eigenvalue weighted by molar-refractivity contribution is 0.288. The van der Waals surface area contributed by atoms with Gasteiger partial charge in [-0.15, -0.1) is 0 Å². The summed E-state index contributed by atoms with van der Waals surface area (Å²) in [6, 6.07) is 0.226. The summed E-state index contributed by atoms with van der Waals surface area (Å²) in [4.78, 5) is 0. The molecule has 6 heteroatoms. The van der Waals surface area contributed by atoms with Crippen LogP contribution in [0.15, 0.2) is 0 Å². The highest BCUT2D eigenvalue weighted by atomic mass is 32.2. The molecule has 1 aliphatic rings. The highest BCUT2D eigenvalue weighted by molar-refractivity contribution is 7.99. The van der Waals surface area contributed by atoms with Gasteiger partial charge in [0, 0.05) is 23.3 Å². The molecule has 0 aromatic carbocycles. The lowest BCUT2D eigenvalue weighted by Gasteiger charge is -2.33. The second kappa shape index (κ2) is 7.86. The molecule has 0 spiro atoms. The van der Waals surface area contributed by atoms with Gasteiger partial charge in [-0.2, -0.15) is 11.8 Å². The van der Waals surface area contributed by atoms with Gasteiger partial charge in [0.25, 0.3) is 0 Å². The van der Waals surface area contributed by atoms with Crippen LogP contribution >= 0.6 is 11.8 Å². The second-order valence-electron chi connectivity index (χ2n) is 5.70. The number of nitrogens with two attached hydrogens (primary N) is 1. The lowest BCUT2D eigenvalue weighted by Crippen LogP contribution is -2.46. The quantitative estimate of drug-likeness (QED) is 0.555. The Bertz CT molecular complexity index is 360. The van der Waals surface area contributed by atoms with E-state index in [0.717, 1.165) is 37.9 Å². The molecule has 0 amide bonds. The number of rotatable bonds is 7. The zero-order chi connectivity index (χ0) is 14.5. The molecule has 0 radical (unpaired) electrons. The molecular formula is C13H28N2O2S2. The molecule has 19 heavy (non-hydrogen) atoms. The fourth-order valence-corrected chi connectivity index (χ4v) is 4.97. The summed E-state index contributed by atoms with van der Waals surface area (Å²) in [5.74, 6) is 7.02. The van der Waals surface area contributed by atoms with E-state index in [0.29, 0.717) is 11.2 Å². The molecule has 1 rings (SSSR count). The minimum atomic E-state index is -2.91. The molecular weight excluding hydrogens is 280 g/mol. The van der Waals surface area contributed by atoms with Crippen molar-refractivity contribution in [2.24, 2.45) is 11.8 Å². The fraction of sp³-hybridized carbons (Fsp3) is 1.00. The van der Waals surface area contributed by atoms with Crippen molar-refractivity contribution >= 4 is 21.6 Å². The number of hydrogen-bond acceptors (Lipinski definition) is 5. The minimum Gasteiger partial charge on any atom is -0.271 e. The molecule has 0 aliphatic heterocycles. The molecule has 0 bridgehead atoms. The zero-order valence-electron chi connectivity index (χ0n) is 12.3. The third-order valence-electron chi connectivity index (χ3n) is 4.19. The van der Waals surface area contributed by atoms with Crippen LogP contribution in [0.4, 0.5) is 0 Å². The smallest absolute Gasteiger partial charge is 0.150 e. The van der Waals surface area contributed by atoms with Crippen LogP contribution < -0.4 is 11.3 Å². The van der Waals surface area contributed by atoms with E-state index in [1.807, 2.05) is 11.8 Å². The van der Waals surface area contributed by atoms with Crippen molar-refractivity contribution in [3.05, 3.63) is 0 Å². The summed E-state index contributed by atoms with van der Waals surface area (Å²) in [5, 5.41) is 0.459. The Morgan fingerprint density at radius 2 is 2.11 bits per heavy atom. The van der Waals surface area contributed by atoms with E-state index >= 15 is 0 Å². The highest BCUT2D eigenvalue weighted by Gasteiger charge is 2.32. The van der Waals surface area contributed by atoms with Crippen LogP contribution in [0.25, 0.3) is 0 Å². The Morgan fingerprint density at radius 1 is 1.42 bits per heavy atom. The first-order valence-electron chi connectivity index (χ1n) is 7.15. The van der Waals surface area contributed by atoms with Crippen LogP contribution in [0.3, 0.4) is 0 Å². The Hall–Kier alpha value is 0.220. The molecule has 1 saturated carbocycles. The number of hydrazine groups is 1. The summed E-state index contributed by atoms with van der Waals surface area (Å²) in [6.45, 7) is 4.40. The van der Waals surface area contributed by atoms with Crippen molar-refractivity contribution in [2.45, 2.75) is 62.5 Å². The van der Waals surface area contributed by atoms with Gasteiger partial charge in [0.1, 0.15) is 9.84 Å². The molecule has 114 valence electrons. The maximum atomic E-state index is 11.7. The van der Waals surface area contributed by atoms with Gasteiger partial charge in [0.15, 0.2) is 0 Å². The third kappa shape index (κ3) is 5.61. The van der Waals surface area contributed by atoms with Crippen molar-refractivity contribution in [3.8, 4) is 0 Å². The van der Waals surface area contributed by atoms with Crippen molar-refractivity contribution in [3.63, 3.8) is 0 Å². The SMILES string of the molecule is CCC(C)SCC(NN)C1CCCC(S(C)(=O)=O)C1. The normalized spacial score (nSPS) is 28.0. The minimum absolute atomic E-state index is 0.171. The standard InChI is InChI=1S/C13H28N2O2S2/c1-4-10(2)18-9-13(15-14)11-6-5-7-12(8-11)19(3,16)17/h10-13,15H,4-9,14H2,1-3H3. The van der Waals surface area contributed by atoms with Gasteiger partial charge in [-0.1, -0.05) is 20.3 Å². The number of hydrogen-bond donors (Lipinski definition) is 2. The predicted molar refractivity (Wildman–Crippen MR) is 83.9 cm³/mol. The van der Waals surface area contributed by atoms with Gasteiger partial charge in [0.05, 0.1) is 5.25 Å². The van der Waals surface area contributed by atoms with Gasteiger partial charge < -0.3 is 0 Å². The van der Waals surface area contributed by atoms with E-state index in [9.17, 15) is 8.42 Å². The highest BCUT2D eigenvalue weighted by Crippen LogP contribution is 2.32. The number of sulfone groups is 1. The molecule has 0 aromatic heterocycles. The molecule has 3 N–H and O–H groups in total. The van der Waals surface area contributed by atoms with E-state index in [1.54, 1.807) is 0 Å². The van der Waals surface area contributed by atoms with Gasteiger partial charge in [-0.05, 0) is 31.6 Å². The maximum Gasteiger partial charge on any atom is 0.150 e. The predicted octanol–water partition coefficient (Wildman–Crippen LogP) is 1.95. The third-order valence-corrected chi connectivity index (χ3v) is 7.28. The van der Waals surface area contributed by atoms with E-state index in [1.165, 1.54) is 6.26 Å². The van der Waals surface area contributed by atoms with E-state index in [4.69, 9.17) is 5.84 Å². The average molecular weight is 309 g/mol. The van der Waals surface area contributed by atoms with Crippen LogP contribution in [-0.4, -0.2) is 37.0 Å². The van der Waals surface area contributed by atoms with Crippen molar-refractivity contribution < 1.29 is 8.42 Å². The Labute approximate surface area is 122 Å². The molecule has 1 fully saturated rings. The van der Waals surface area contributed by atoms with Crippen molar-refractivity contribution in [2.75, 3.05) is 12.0 Å². The van der Waals surface area contributed by atoms with E-state index < -0.39 is 9.84 Å². The first-order valence-corrected chi connectivity index (χ1v) is 10.1. The van der Waals surface area contributed by atoms with Gasteiger partial charge in [-0.25, -0.2) is 8.42 Å². The molecule has 0 heterocycles. The zero-order valence-corrected chi connectivity index (χ0v) is 13.9. The Morgan fingerprint density at radius 3 is 2.63 bits per heavy atom. The molecule has 0 saturated heterocycles. The number of nitrogens with one attached hydrogen (secondary N) is 1. The van der Waals surface area contributed by atoms with Crippen LogP contribution in [0.2, 0.25) is 0 Å². The second-order valence-corrected chi connectivity index (χ2v) is 9.50. The molecule has 1 aliphatic carbocycles. The Kier molecular flexibility index (Phi) is 7.14. The largest absolute Gasteiger partial charge is 0.271 e. The summed E-state index contributed by atoms with van der Waals surface area (Å²) in [5.41, 5.74) is 2.91. The topological polar surface area (TPSA) is 72.2 Å². The molecule has 4 unspecified atom stereocenters. The summed E-state index contributed by atoms with van der Waals surface area (Å²) in [7, 11) is -2.91. The number of thioether (sulfide) groups is 1. The van der Waals surface area contributed by atoms with Crippen LogP contribution in [0.1, 0.15) is 46.0 Å². The van der Waals surface area contributed by atoms with E-state index in [2.05, 4.69) is 19.3 Å². The van der Waals surface area contributed by atoms with Gasteiger partial charge in [0.2, 0.25) is 0 Å². The first kappa shape index (κ1) is 17.3. The maximum absolute atomic E-state index is 11.7. The first-order chi connectivity index (χ1) is 8.88. The van der Waals surface area contributed by atoms with Crippen molar-refractivity contribution in [1.82, 2.24) is 5.43 Å².